The SMILES string of the molecule is CC(=O)NCc1ccc(C(=O)NCCCCOc2ccc(F)cc2)cc1. The number of hydrogen-bond donors (Lipinski definition) is 2. The highest BCUT2D eigenvalue weighted by atomic mass is 19.1. The van der Waals surface area contributed by atoms with E-state index in [2.05, 4.69) is 10.6 Å². The number of halogens is 1. The molecule has 0 aliphatic rings. The topological polar surface area (TPSA) is 67.4 Å². The second-order valence-electron chi connectivity index (χ2n) is 5.87. The molecular weight excluding hydrogens is 335 g/mol. The molecule has 0 unspecified atom stereocenters. The molecule has 26 heavy (non-hydrogen) atoms. The molecule has 0 atom stereocenters. The van der Waals surface area contributed by atoms with Crippen LogP contribution in [0.15, 0.2) is 48.5 Å². The maximum Gasteiger partial charge on any atom is 0.251 e. The number of nitrogens with one attached hydrogen (secondary N) is 2. The first-order chi connectivity index (χ1) is 12.5. The lowest BCUT2D eigenvalue weighted by Crippen LogP contribution is -2.25. The number of rotatable bonds is 9. The Hall–Kier alpha value is -2.89. The third kappa shape index (κ3) is 6.93. The predicted octanol–water partition coefficient (Wildman–Crippen LogP) is 3.05. The molecular formula is C20H23FN2O3. The number of carbonyl (C=O) groups excluding carboxylic acids is 2. The minimum atomic E-state index is -0.289. The summed E-state index contributed by atoms with van der Waals surface area (Å²) in [4.78, 5) is 22.9. The van der Waals surface area contributed by atoms with E-state index in [1.165, 1.54) is 19.1 Å². The summed E-state index contributed by atoms with van der Waals surface area (Å²) in [7, 11) is 0. The van der Waals surface area contributed by atoms with E-state index in [0.29, 0.717) is 31.0 Å². The number of carbonyl (C=O) groups is 2. The fraction of sp³-hybridized carbons (Fsp3) is 0.300. The average molecular weight is 358 g/mol. The van der Waals surface area contributed by atoms with Gasteiger partial charge in [-0.05, 0) is 54.8 Å². The van der Waals surface area contributed by atoms with Crippen LogP contribution in [0.25, 0.3) is 0 Å². The first kappa shape index (κ1) is 19.4. The normalized spacial score (nSPS) is 10.2. The molecule has 138 valence electrons. The number of amides is 2. The highest BCUT2D eigenvalue weighted by molar-refractivity contribution is 5.94. The first-order valence-corrected chi connectivity index (χ1v) is 8.54. The van der Waals surface area contributed by atoms with Crippen molar-refractivity contribution < 1.29 is 18.7 Å². The van der Waals surface area contributed by atoms with Crippen LogP contribution in [0.5, 0.6) is 5.75 Å². The molecule has 2 amide bonds. The van der Waals surface area contributed by atoms with Crippen LogP contribution < -0.4 is 15.4 Å². The molecule has 0 heterocycles. The monoisotopic (exact) mass is 358 g/mol. The van der Waals surface area contributed by atoms with Gasteiger partial charge in [-0.3, -0.25) is 9.59 Å². The van der Waals surface area contributed by atoms with E-state index in [1.54, 1.807) is 24.3 Å². The summed E-state index contributed by atoms with van der Waals surface area (Å²) >= 11 is 0. The molecule has 0 saturated carbocycles. The Morgan fingerprint density at radius 3 is 2.31 bits per heavy atom. The second kappa shape index (κ2) is 10.2. The maximum atomic E-state index is 12.8. The Labute approximate surface area is 152 Å². The largest absolute Gasteiger partial charge is 0.494 e. The van der Waals surface area contributed by atoms with Crippen molar-refractivity contribution >= 4 is 11.8 Å². The molecule has 0 aliphatic heterocycles. The van der Waals surface area contributed by atoms with Gasteiger partial charge in [0.05, 0.1) is 6.61 Å². The van der Waals surface area contributed by atoms with Gasteiger partial charge in [0.2, 0.25) is 5.91 Å². The van der Waals surface area contributed by atoms with Gasteiger partial charge in [-0.15, -0.1) is 0 Å². The van der Waals surface area contributed by atoms with E-state index < -0.39 is 0 Å². The molecule has 0 aliphatic carbocycles. The average Bonchev–Trinajstić information content (AvgIpc) is 2.64. The molecule has 6 heteroatoms. The van der Waals surface area contributed by atoms with E-state index in [9.17, 15) is 14.0 Å². The quantitative estimate of drug-likeness (QED) is 0.677. The lowest BCUT2D eigenvalue weighted by atomic mass is 10.1. The standard InChI is InChI=1S/C20H23FN2O3/c1-15(24)23-14-16-4-6-17(7-5-16)20(25)22-12-2-3-13-26-19-10-8-18(21)9-11-19/h4-11H,2-3,12-14H2,1H3,(H,22,25)(H,23,24). The summed E-state index contributed by atoms with van der Waals surface area (Å²) < 4.78 is 18.3. The van der Waals surface area contributed by atoms with Gasteiger partial charge in [0.1, 0.15) is 11.6 Å². The van der Waals surface area contributed by atoms with Crippen LogP contribution in [-0.4, -0.2) is 25.0 Å². The summed E-state index contributed by atoms with van der Waals surface area (Å²) in [6.07, 6.45) is 1.57. The van der Waals surface area contributed by atoms with Gasteiger partial charge in [0.15, 0.2) is 0 Å². The van der Waals surface area contributed by atoms with Gasteiger partial charge in [0.25, 0.3) is 5.91 Å². The van der Waals surface area contributed by atoms with Gasteiger partial charge in [-0.2, -0.15) is 0 Å². The molecule has 0 saturated heterocycles. The molecule has 2 rings (SSSR count). The van der Waals surface area contributed by atoms with E-state index in [0.717, 1.165) is 18.4 Å². The third-order valence-electron chi connectivity index (χ3n) is 3.70. The number of benzene rings is 2. The van der Waals surface area contributed by atoms with Crippen LogP contribution in [-0.2, 0) is 11.3 Å². The van der Waals surface area contributed by atoms with E-state index >= 15 is 0 Å². The molecule has 2 N–H and O–H groups in total. The Bertz CT molecular complexity index is 715. The van der Waals surface area contributed by atoms with Crippen LogP contribution in [0.4, 0.5) is 4.39 Å². The number of hydrogen-bond acceptors (Lipinski definition) is 3. The Kier molecular flexibility index (Phi) is 7.61. The summed E-state index contributed by atoms with van der Waals surface area (Å²) in [5, 5.41) is 5.57. The Balaban J connectivity index is 1.62. The summed E-state index contributed by atoms with van der Waals surface area (Å²) in [6.45, 7) is 2.98. The van der Waals surface area contributed by atoms with Gasteiger partial charge < -0.3 is 15.4 Å². The Morgan fingerprint density at radius 1 is 0.962 bits per heavy atom. The zero-order valence-corrected chi connectivity index (χ0v) is 14.8. The highest BCUT2D eigenvalue weighted by Gasteiger charge is 2.05. The predicted molar refractivity (Wildman–Crippen MR) is 97.4 cm³/mol. The maximum absolute atomic E-state index is 12.8. The van der Waals surface area contributed by atoms with Crippen LogP contribution >= 0.6 is 0 Å². The van der Waals surface area contributed by atoms with Gasteiger partial charge >= 0.3 is 0 Å². The zero-order chi connectivity index (χ0) is 18.8. The zero-order valence-electron chi connectivity index (χ0n) is 14.8. The van der Waals surface area contributed by atoms with Crippen LogP contribution in [0.2, 0.25) is 0 Å². The third-order valence-corrected chi connectivity index (χ3v) is 3.70. The fourth-order valence-electron chi connectivity index (χ4n) is 2.25. The van der Waals surface area contributed by atoms with Crippen LogP contribution in [0.1, 0.15) is 35.7 Å². The summed E-state index contributed by atoms with van der Waals surface area (Å²) in [6, 6.07) is 13.0. The smallest absolute Gasteiger partial charge is 0.251 e. The minimum Gasteiger partial charge on any atom is -0.494 e. The van der Waals surface area contributed by atoms with Crippen molar-refractivity contribution in [1.82, 2.24) is 10.6 Å². The molecule has 5 nitrogen and oxygen atoms in total. The second-order valence-corrected chi connectivity index (χ2v) is 5.87. The van der Waals surface area contributed by atoms with Crippen molar-refractivity contribution in [3.05, 3.63) is 65.5 Å². The number of unbranched alkanes of at least 4 members (excludes halogenated alkanes) is 1. The minimum absolute atomic E-state index is 0.0878. The van der Waals surface area contributed by atoms with Crippen molar-refractivity contribution in [2.24, 2.45) is 0 Å². The van der Waals surface area contributed by atoms with Gasteiger partial charge in [0, 0.05) is 25.6 Å². The first-order valence-electron chi connectivity index (χ1n) is 8.54. The molecule has 0 spiro atoms. The lowest BCUT2D eigenvalue weighted by Gasteiger charge is -2.08. The van der Waals surface area contributed by atoms with Crippen molar-refractivity contribution in [3.8, 4) is 5.75 Å². The van der Waals surface area contributed by atoms with E-state index in [4.69, 9.17) is 4.74 Å². The molecule has 2 aromatic carbocycles. The molecule has 0 fully saturated rings. The Morgan fingerprint density at radius 2 is 1.65 bits per heavy atom. The summed E-state index contributed by atoms with van der Waals surface area (Å²) in [5.41, 5.74) is 1.52. The van der Waals surface area contributed by atoms with Crippen molar-refractivity contribution in [2.45, 2.75) is 26.3 Å². The van der Waals surface area contributed by atoms with E-state index in [1.807, 2.05) is 12.1 Å². The molecule has 0 radical (unpaired) electrons. The van der Waals surface area contributed by atoms with Crippen molar-refractivity contribution in [3.63, 3.8) is 0 Å². The van der Waals surface area contributed by atoms with E-state index in [-0.39, 0.29) is 17.6 Å². The lowest BCUT2D eigenvalue weighted by molar-refractivity contribution is -0.119. The van der Waals surface area contributed by atoms with Crippen molar-refractivity contribution in [1.29, 1.82) is 0 Å². The molecule has 0 bridgehead atoms. The fourth-order valence-corrected chi connectivity index (χ4v) is 2.25. The van der Waals surface area contributed by atoms with Crippen LogP contribution in [0, 0.1) is 5.82 Å². The molecule has 0 aromatic heterocycles. The number of ether oxygens (including phenoxy) is 1. The summed E-state index contributed by atoms with van der Waals surface area (Å²) in [5.74, 6) is 0.128. The highest BCUT2D eigenvalue weighted by Crippen LogP contribution is 2.11. The van der Waals surface area contributed by atoms with Gasteiger partial charge in [-0.1, -0.05) is 12.1 Å². The van der Waals surface area contributed by atoms with Crippen LogP contribution in [0.3, 0.4) is 0 Å². The molecule has 2 aromatic rings. The van der Waals surface area contributed by atoms with Crippen molar-refractivity contribution in [2.75, 3.05) is 13.2 Å². The van der Waals surface area contributed by atoms with Gasteiger partial charge in [-0.25, -0.2) is 4.39 Å².